The van der Waals surface area contributed by atoms with Crippen molar-refractivity contribution in [3.63, 3.8) is 0 Å². The number of sulfonamides is 1. The lowest BCUT2D eigenvalue weighted by molar-refractivity contribution is -0.115. The van der Waals surface area contributed by atoms with Gasteiger partial charge in [-0.1, -0.05) is 18.2 Å². The first-order valence-electron chi connectivity index (χ1n) is 8.64. The van der Waals surface area contributed by atoms with E-state index < -0.39 is 10.0 Å². The summed E-state index contributed by atoms with van der Waals surface area (Å²) < 4.78 is 24.7. The van der Waals surface area contributed by atoms with Crippen molar-refractivity contribution < 1.29 is 13.2 Å². The number of para-hydroxylation sites is 1. The van der Waals surface area contributed by atoms with Crippen LogP contribution < -0.4 is 10.0 Å². The zero-order chi connectivity index (χ0) is 20.1. The Morgan fingerprint density at radius 1 is 1.18 bits per heavy atom. The van der Waals surface area contributed by atoms with Crippen LogP contribution in [0.15, 0.2) is 41.8 Å². The van der Waals surface area contributed by atoms with Crippen LogP contribution in [0.2, 0.25) is 0 Å². The SMILES string of the molecule is Cc1ccccc1NC(=O)Cc1nc(-c2ccc(CCNS(C)(=O)=O)s2)cs1. The molecule has 0 spiro atoms. The molecule has 0 saturated carbocycles. The van der Waals surface area contributed by atoms with Gasteiger partial charge < -0.3 is 5.32 Å². The highest BCUT2D eigenvalue weighted by atomic mass is 32.2. The topological polar surface area (TPSA) is 88.2 Å². The van der Waals surface area contributed by atoms with E-state index in [2.05, 4.69) is 15.0 Å². The Morgan fingerprint density at radius 2 is 1.96 bits per heavy atom. The third-order valence-electron chi connectivity index (χ3n) is 3.93. The number of nitrogens with zero attached hydrogens (tertiary/aromatic N) is 1. The molecular formula is C19H21N3O3S3. The molecule has 28 heavy (non-hydrogen) atoms. The fourth-order valence-electron chi connectivity index (χ4n) is 2.56. The predicted octanol–water partition coefficient (Wildman–Crippen LogP) is 3.45. The number of thiophene rings is 1. The van der Waals surface area contributed by atoms with Gasteiger partial charge in [0, 0.05) is 22.5 Å². The van der Waals surface area contributed by atoms with Gasteiger partial charge in [-0.2, -0.15) is 0 Å². The highest BCUT2D eigenvalue weighted by Crippen LogP contribution is 2.29. The van der Waals surface area contributed by atoms with Crippen LogP contribution in [0.3, 0.4) is 0 Å². The maximum Gasteiger partial charge on any atom is 0.231 e. The lowest BCUT2D eigenvalue weighted by atomic mass is 10.2. The summed E-state index contributed by atoms with van der Waals surface area (Å²) in [7, 11) is -3.17. The van der Waals surface area contributed by atoms with Crippen LogP contribution in [-0.2, 0) is 27.7 Å². The standard InChI is InChI=1S/C19H21N3O3S3/c1-13-5-3-4-6-15(13)21-18(23)11-19-22-16(12-26-19)17-8-7-14(27-17)9-10-20-28(2,24)25/h3-8,12,20H,9-11H2,1-2H3,(H,21,23). The van der Waals surface area contributed by atoms with E-state index in [0.717, 1.165) is 38.0 Å². The Labute approximate surface area is 172 Å². The number of amides is 1. The third-order valence-corrected chi connectivity index (χ3v) is 6.68. The lowest BCUT2D eigenvalue weighted by Gasteiger charge is -2.06. The maximum atomic E-state index is 12.3. The number of anilines is 1. The molecule has 3 rings (SSSR count). The van der Waals surface area contributed by atoms with E-state index in [1.807, 2.05) is 48.7 Å². The van der Waals surface area contributed by atoms with Crippen LogP contribution in [0.4, 0.5) is 5.69 Å². The van der Waals surface area contributed by atoms with Gasteiger partial charge in [0.25, 0.3) is 0 Å². The molecule has 0 unspecified atom stereocenters. The van der Waals surface area contributed by atoms with Crippen molar-refractivity contribution in [1.29, 1.82) is 0 Å². The van der Waals surface area contributed by atoms with E-state index in [4.69, 9.17) is 0 Å². The molecule has 2 aromatic heterocycles. The summed E-state index contributed by atoms with van der Waals surface area (Å²) in [6.45, 7) is 2.33. The molecule has 0 saturated heterocycles. The lowest BCUT2D eigenvalue weighted by Crippen LogP contribution is -2.23. The molecule has 2 N–H and O–H groups in total. The third kappa shape index (κ3) is 5.96. The van der Waals surface area contributed by atoms with Crippen LogP contribution in [0.5, 0.6) is 0 Å². The maximum absolute atomic E-state index is 12.3. The molecule has 0 aliphatic heterocycles. The molecule has 1 amide bonds. The molecule has 1 aromatic carbocycles. The fraction of sp³-hybridized carbons (Fsp3) is 0.263. The van der Waals surface area contributed by atoms with Crippen molar-refractivity contribution in [2.24, 2.45) is 0 Å². The zero-order valence-corrected chi connectivity index (χ0v) is 18.0. The monoisotopic (exact) mass is 435 g/mol. The largest absolute Gasteiger partial charge is 0.325 e. The van der Waals surface area contributed by atoms with E-state index in [1.54, 1.807) is 11.3 Å². The average Bonchev–Trinajstić information content (AvgIpc) is 3.25. The quantitative estimate of drug-likeness (QED) is 0.567. The minimum Gasteiger partial charge on any atom is -0.325 e. The Balaban J connectivity index is 1.58. The normalized spacial score (nSPS) is 11.5. The van der Waals surface area contributed by atoms with Gasteiger partial charge in [-0.15, -0.1) is 22.7 Å². The van der Waals surface area contributed by atoms with E-state index in [-0.39, 0.29) is 12.3 Å². The van der Waals surface area contributed by atoms with Crippen LogP contribution in [0.1, 0.15) is 15.4 Å². The number of nitrogens with one attached hydrogen (secondary N) is 2. The van der Waals surface area contributed by atoms with Crippen LogP contribution in [-0.4, -0.2) is 32.1 Å². The number of carbonyl (C=O) groups is 1. The Morgan fingerprint density at radius 3 is 2.71 bits per heavy atom. The van der Waals surface area contributed by atoms with Gasteiger partial charge in [0.1, 0.15) is 5.01 Å². The van der Waals surface area contributed by atoms with E-state index in [0.29, 0.717) is 13.0 Å². The van der Waals surface area contributed by atoms with Gasteiger partial charge in [-0.3, -0.25) is 4.79 Å². The van der Waals surface area contributed by atoms with Gasteiger partial charge in [0.05, 0.1) is 23.2 Å². The summed E-state index contributed by atoms with van der Waals surface area (Å²) in [6.07, 6.45) is 2.02. The average molecular weight is 436 g/mol. The molecule has 3 aromatic rings. The van der Waals surface area contributed by atoms with Crippen molar-refractivity contribution in [3.8, 4) is 10.6 Å². The highest BCUT2D eigenvalue weighted by Gasteiger charge is 2.12. The molecule has 0 aliphatic rings. The van der Waals surface area contributed by atoms with Crippen LogP contribution >= 0.6 is 22.7 Å². The second kappa shape index (κ2) is 8.95. The summed E-state index contributed by atoms with van der Waals surface area (Å²) in [5.41, 5.74) is 2.68. The number of benzene rings is 1. The van der Waals surface area contributed by atoms with Crippen molar-refractivity contribution in [2.45, 2.75) is 19.8 Å². The molecule has 0 fully saturated rings. The van der Waals surface area contributed by atoms with Gasteiger partial charge in [-0.05, 0) is 37.1 Å². The first kappa shape index (κ1) is 20.7. The summed E-state index contributed by atoms with van der Waals surface area (Å²) in [6, 6.07) is 11.6. The van der Waals surface area contributed by atoms with Gasteiger partial charge in [0.15, 0.2) is 0 Å². The number of hydrogen-bond donors (Lipinski definition) is 2. The molecule has 6 nitrogen and oxygen atoms in total. The number of carbonyl (C=O) groups excluding carboxylic acids is 1. The summed E-state index contributed by atoms with van der Waals surface area (Å²) >= 11 is 3.04. The number of aryl methyl sites for hydroxylation is 1. The van der Waals surface area contributed by atoms with Gasteiger partial charge >= 0.3 is 0 Å². The fourth-order valence-corrected chi connectivity index (χ4v) is 4.87. The second-order valence-electron chi connectivity index (χ2n) is 6.35. The Bertz CT molecular complexity index is 1070. The van der Waals surface area contributed by atoms with Crippen LogP contribution in [0, 0.1) is 6.92 Å². The first-order valence-corrected chi connectivity index (χ1v) is 12.2. The van der Waals surface area contributed by atoms with Crippen LogP contribution in [0.25, 0.3) is 10.6 Å². The van der Waals surface area contributed by atoms with E-state index >= 15 is 0 Å². The van der Waals surface area contributed by atoms with Crippen molar-refractivity contribution >= 4 is 44.3 Å². The molecule has 0 radical (unpaired) electrons. The molecule has 0 atom stereocenters. The zero-order valence-electron chi connectivity index (χ0n) is 15.6. The minimum atomic E-state index is -3.17. The Hall–Kier alpha value is -2.07. The number of aromatic nitrogens is 1. The van der Waals surface area contributed by atoms with Crippen molar-refractivity contribution in [2.75, 3.05) is 18.1 Å². The molecule has 0 bridgehead atoms. The molecule has 9 heteroatoms. The van der Waals surface area contributed by atoms with E-state index in [1.165, 1.54) is 11.3 Å². The molecule has 148 valence electrons. The summed E-state index contributed by atoms with van der Waals surface area (Å²) in [4.78, 5) is 19.0. The predicted molar refractivity (Wildman–Crippen MR) is 115 cm³/mol. The second-order valence-corrected chi connectivity index (χ2v) is 10.3. The Kier molecular flexibility index (Phi) is 6.61. The molecular weight excluding hydrogens is 414 g/mol. The van der Waals surface area contributed by atoms with Gasteiger partial charge in [-0.25, -0.2) is 18.1 Å². The summed E-state index contributed by atoms with van der Waals surface area (Å²) in [5.74, 6) is -0.0890. The number of hydrogen-bond acceptors (Lipinski definition) is 6. The highest BCUT2D eigenvalue weighted by molar-refractivity contribution is 7.88. The molecule has 2 heterocycles. The first-order chi connectivity index (χ1) is 13.3. The van der Waals surface area contributed by atoms with Gasteiger partial charge in [0.2, 0.25) is 15.9 Å². The summed E-state index contributed by atoms with van der Waals surface area (Å²) in [5, 5.41) is 5.63. The van der Waals surface area contributed by atoms with E-state index in [9.17, 15) is 13.2 Å². The number of thiazole rings is 1. The minimum absolute atomic E-state index is 0.0890. The van der Waals surface area contributed by atoms with Crippen molar-refractivity contribution in [1.82, 2.24) is 9.71 Å². The molecule has 0 aliphatic carbocycles. The van der Waals surface area contributed by atoms with Crippen molar-refractivity contribution in [3.05, 3.63) is 57.2 Å². The number of rotatable bonds is 8. The smallest absolute Gasteiger partial charge is 0.231 e.